The zero-order chi connectivity index (χ0) is 14.7. The second kappa shape index (κ2) is 5.59. The highest BCUT2D eigenvalue weighted by Crippen LogP contribution is 2.12. The molecule has 0 atom stereocenters. The van der Waals surface area contributed by atoms with Crippen molar-refractivity contribution in [3.8, 4) is 0 Å². The molecular weight excluding hydrogens is 264 g/mol. The van der Waals surface area contributed by atoms with E-state index in [4.69, 9.17) is 5.11 Å². The zero-order valence-corrected chi connectivity index (χ0v) is 11.1. The molecule has 9 nitrogen and oxygen atoms in total. The minimum Gasteiger partial charge on any atom is -0.481 e. The SMILES string of the molecule is Cc1nc(=O)n(Cc2nn[nH]n2)c(C)c1CCC(=O)O. The number of hydrogen-bond acceptors (Lipinski definition) is 6. The Morgan fingerprint density at radius 1 is 1.40 bits per heavy atom. The number of hydrogen-bond donors (Lipinski definition) is 2. The summed E-state index contributed by atoms with van der Waals surface area (Å²) in [6.45, 7) is 3.60. The lowest BCUT2D eigenvalue weighted by Gasteiger charge is -2.13. The van der Waals surface area contributed by atoms with Gasteiger partial charge in [-0.1, -0.05) is 5.21 Å². The first-order valence-corrected chi connectivity index (χ1v) is 6.00. The van der Waals surface area contributed by atoms with Crippen molar-refractivity contribution in [2.45, 2.75) is 33.2 Å². The number of aliphatic carboxylic acids is 1. The first-order chi connectivity index (χ1) is 9.49. The molecule has 20 heavy (non-hydrogen) atoms. The number of rotatable bonds is 5. The Kier molecular flexibility index (Phi) is 3.87. The maximum absolute atomic E-state index is 11.9. The maximum atomic E-state index is 11.9. The second-order valence-electron chi connectivity index (χ2n) is 4.35. The van der Waals surface area contributed by atoms with Gasteiger partial charge in [0.25, 0.3) is 0 Å². The number of H-pyrrole nitrogens is 1. The summed E-state index contributed by atoms with van der Waals surface area (Å²) in [5, 5.41) is 22.1. The fourth-order valence-corrected chi connectivity index (χ4v) is 2.01. The third-order valence-electron chi connectivity index (χ3n) is 3.05. The van der Waals surface area contributed by atoms with Gasteiger partial charge in [-0.15, -0.1) is 10.2 Å². The van der Waals surface area contributed by atoms with E-state index in [2.05, 4.69) is 25.6 Å². The summed E-state index contributed by atoms with van der Waals surface area (Å²) < 4.78 is 1.41. The molecule has 2 N–H and O–H groups in total. The van der Waals surface area contributed by atoms with E-state index in [1.54, 1.807) is 13.8 Å². The average molecular weight is 278 g/mol. The van der Waals surface area contributed by atoms with Crippen LogP contribution in [0.15, 0.2) is 4.79 Å². The first kappa shape index (κ1) is 13.8. The molecule has 0 aliphatic heterocycles. The molecular formula is C11H14N6O3. The van der Waals surface area contributed by atoms with E-state index in [1.165, 1.54) is 4.57 Å². The van der Waals surface area contributed by atoms with Crippen molar-refractivity contribution in [1.82, 2.24) is 30.2 Å². The molecule has 106 valence electrons. The molecule has 0 fully saturated rings. The average Bonchev–Trinajstić information content (AvgIpc) is 2.86. The molecule has 9 heteroatoms. The minimum atomic E-state index is -0.889. The Balaban J connectivity index is 2.38. The van der Waals surface area contributed by atoms with Crippen LogP contribution in [0.25, 0.3) is 0 Å². The van der Waals surface area contributed by atoms with Gasteiger partial charge in [-0.25, -0.2) is 4.79 Å². The smallest absolute Gasteiger partial charge is 0.348 e. The monoisotopic (exact) mass is 278 g/mol. The number of aromatic nitrogens is 6. The highest BCUT2D eigenvalue weighted by molar-refractivity contribution is 5.67. The first-order valence-electron chi connectivity index (χ1n) is 6.00. The fourth-order valence-electron chi connectivity index (χ4n) is 2.01. The van der Waals surface area contributed by atoms with Crippen molar-refractivity contribution in [3.63, 3.8) is 0 Å². The molecule has 0 spiro atoms. The second-order valence-corrected chi connectivity index (χ2v) is 4.35. The van der Waals surface area contributed by atoms with E-state index in [0.717, 1.165) is 5.56 Å². The van der Waals surface area contributed by atoms with E-state index in [0.29, 0.717) is 23.6 Å². The highest BCUT2D eigenvalue weighted by atomic mass is 16.4. The standard InChI is InChI=1S/C11H14N6O3/c1-6-8(3-4-10(18)19)7(2)17(11(20)12-6)5-9-13-15-16-14-9/h3-5H2,1-2H3,(H,18,19)(H,13,14,15,16). The molecule has 0 amide bonds. The van der Waals surface area contributed by atoms with Crippen molar-refractivity contribution in [3.05, 3.63) is 33.3 Å². The number of aromatic amines is 1. The molecule has 2 rings (SSSR count). The summed E-state index contributed by atoms with van der Waals surface area (Å²) in [6.07, 6.45) is 0.316. The Labute approximate surface area is 113 Å². The van der Waals surface area contributed by atoms with Gasteiger partial charge in [-0.05, 0) is 25.8 Å². The number of carbonyl (C=O) groups is 1. The molecule has 0 aromatic carbocycles. The maximum Gasteiger partial charge on any atom is 0.348 e. The number of carboxylic acid groups (broad SMARTS) is 1. The Morgan fingerprint density at radius 2 is 2.15 bits per heavy atom. The van der Waals surface area contributed by atoms with Gasteiger partial charge in [0.05, 0.1) is 6.54 Å². The van der Waals surface area contributed by atoms with Crippen molar-refractivity contribution < 1.29 is 9.90 Å². The predicted molar refractivity (Wildman–Crippen MR) is 67.2 cm³/mol. The summed E-state index contributed by atoms with van der Waals surface area (Å²) in [4.78, 5) is 26.5. The molecule has 2 aromatic heterocycles. The third kappa shape index (κ3) is 2.87. The Morgan fingerprint density at radius 3 is 2.75 bits per heavy atom. The van der Waals surface area contributed by atoms with Gasteiger partial charge in [-0.3, -0.25) is 9.36 Å². The van der Waals surface area contributed by atoms with Crippen LogP contribution in [0, 0.1) is 13.8 Å². The molecule has 0 aliphatic rings. The van der Waals surface area contributed by atoms with Crippen LogP contribution >= 0.6 is 0 Å². The van der Waals surface area contributed by atoms with Gasteiger partial charge in [0.1, 0.15) is 0 Å². The van der Waals surface area contributed by atoms with Crippen LogP contribution in [-0.4, -0.2) is 41.3 Å². The van der Waals surface area contributed by atoms with Gasteiger partial charge < -0.3 is 5.11 Å². The molecule has 0 bridgehead atoms. The largest absolute Gasteiger partial charge is 0.481 e. The molecule has 2 aromatic rings. The van der Waals surface area contributed by atoms with Gasteiger partial charge in [-0.2, -0.15) is 10.2 Å². The fraction of sp³-hybridized carbons (Fsp3) is 0.455. The van der Waals surface area contributed by atoms with E-state index in [1.807, 2.05) is 0 Å². The normalized spacial score (nSPS) is 10.7. The number of nitrogens with zero attached hydrogens (tertiary/aromatic N) is 5. The van der Waals surface area contributed by atoms with Crippen molar-refractivity contribution >= 4 is 5.97 Å². The Hall–Kier alpha value is -2.58. The number of carboxylic acids is 1. The zero-order valence-electron chi connectivity index (χ0n) is 11.1. The number of tetrazole rings is 1. The topological polar surface area (TPSA) is 127 Å². The lowest BCUT2D eigenvalue weighted by Crippen LogP contribution is -2.28. The quantitative estimate of drug-likeness (QED) is 0.750. The molecule has 0 saturated heterocycles. The van der Waals surface area contributed by atoms with Crippen molar-refractivity contribution in [1.29, 1.82) is 0 Å². The number of nitrogens with one attached hydrogen (secondary N) is 1. The Bertz CT molecular complexity index is 676. The van der Waals surface area contributed by atoms with E-state index >= 15 is 0 Å². The summed E-state index contributed by atoms with van der Waals surface area (Å²) in [5.74, 6) is -0.523. The predicted octanol–water partition coefficient (Wildman–Crippen LogP) is -0.561. The molecule has 0 saturated carbocycles. The van der Waals surface area contributed by atoms with Crippen molar-refractivity contribution in [2.24, 2.45) is 0 Å². The van der Waals surface area contributed by atoms with E-state index in [-0.39, 0.29) is 13.0 Å². The minimum absolute atomic E-state index is 0.0101. The summed E-state index contributed by atoms with van der Waals surface area (Å²) >= 11 is 0. The summed E-state index contributed by atoms with van der Waals surface area (Å²) in [6, 6.07) is 0. The van der Waals surface area contributed by atoms with Crippen LogP contribution in [-0.2, 0) is 17.8 Å². The highest BCUT2D eigenvalue weighted by Gasteiger charge is 2.14. The van der Waals surface area contributed by atoms with Crippen LogP contribution in [0.4, 0.5) is 0 Å². The lowest BCUT2D eigenvalue weighted by molar-refractivity contribution is -0.136. The molecule has 0 aliphatic carbocycles. The van der Waals surface area contributed by atoms with Crippen LogP contribution in [0.1, 0.15) is 29.2 Å². The van der Waals surface area contributed by atoms with E-state index < -0.39 is 11.7 Å². The summed E-state index contributed by atoms with van der Waals surface area (Å²) in [5.41, 5.74) is 1.58. The van der Waals surface area contributed by atoms with E-state index in [9.17, 15) is 9.59 Å². The van der Waals surface area contributed by atoms with Crippen LogP contribution in [0.5, 0.6) is 0 Å². The summed E-state index contributed by atoms with van der Waals surface area (Å²) in [7, 11) is 0. The van der Waals surface area contributed by atoms with Crippen LogP contribution in [0.3, 0.4) is 0 Å². The van der Waals surface area contributed by atoms with Gasteiger partial charge >= 0.3 is 11.7 Å². The molecule has 0 radical (unpaired) electrons. The molecule has 0 unspecified atom stereocenters. The third-order valence-corrected chi connectivity index (χ3v) is 3.05. The molecule has 2 heterocycles. The lowest BCUT2D eigenvalue weighted by atomic mass is 10.1. The van der Waals surface area contributed by atoms with Gasteiger partial charge in [0.2, 0.25) is 0 Å². The van der Waals surface area contributed by atoms with Gasteiger partial charge in [0.15, 0.2) is 5.82 Å². The van der Waals surface area contributed by atoms with Crippen LogP contribution in [0.2, 0.25) is 0 Å². The van der Waals surface area contributed by atoms with Gasteiger partial charge in [0, 0.05) is 17.8 Å². The van der Waals surface area contributed by atoms with Crippen molar-refractivity contribution in [2.75, 3.05) is 0 Å². The number of aryl methyl sites for hydroxylation is 1. The van der Waals surface area contributed by atoms with Crippen LogP contribution < -0.4 is 5.69 Å².